The van der Waals surface area contributed by atoms with Crippen molar-refractivity contribution in [3.63, 3.8) is 0 Å². The van der Waals surface area contributed by atoms with Gasteiger partial charge in [-0.3, -0.25) is 4.79 Å². The molecule has 4 heteroatoms. The second kappa shape index (κ2) is 5.50. The molecule has 1 saturated carbocycles. The Bertz CT molecular complexity index is 410. The molecule has 0 aromatic heterocycles. The van der Waals surface area contributed by atoms with Gasteiger partial charge in [0.15, 0.2) is 0 Å². The van der Waals surface area contributed by atoms with Crippen LogP contribution in [-0.4, -0.2) is 17.3 Å². The summed E-state index contributed by atoms with van der Waals surface area (Å²) in [6.45, 7) is 0. The van der Waals surface area contributed by atoms with Crippen molar-refractivity contribution < 1.29 is 9.18 Å². The van der Waals surface area contributed by atoms with Crippen LogP contribution in [0.15, 0.2) is 24.3 Å². The van der Waals surface area contributed by atoms with Gasteiger partial charge in [-0.05, 0) is 30.9 Å². The number of alkyl halides is 1. The van der Waals surface area contributed by atoms with Gasteiger partial charge in [-0.15, -0.1) is 11.6 Å². The molecule has 1 aliphatic carbocycles. The molecule has 1 amide bonds. The van der Waals surface area contributed by atoms with E-state index in [2.05, 4.69) is 5.32 Å². The summed E-state index contributed by atoms with van der Waals surface area (Å²) in [5.41, 5.74) is 0.425. The number of carbonyl (C=O) groups excluding carboxylic acids is 1. The lowest BCUT2D eigenvalue weighted by atomic mass is 10.1. The zero-order chi connectivity index (χ0) is 12.3. The molecule has 0 radical (unpaired) electrons. The van der Waals surface area contributed by atoms with E-state index in [0.717, 1.165) is 19.3 Å². The van der Waals surface area contributed by atoms with Crippen molar-refractivity contribution in [1.29, 1.82) is 0 Å². The molecule has 1 aromatic carbocycles. The zero-order valence-electron chi connectivity index (χ0n) is 9.46. The number of amides is 1. The van der Waals surface area contributed by atoms with E-state index in [1.165, 1.54) is 6.07 Å². The first-order valence-electron chi connectivity index (χ1n) is 5.83. The molecular formula is C13H15ClFNO. The number of halogens is 2. The van der Waals surface area contributed by atoms with Crippen molar-refractivity contribution in [2.24, 2.45) is 0 Å². The summed E-state index contributed by atoms with van der Waals surface area (Å²) < 4.78 is 13.3. The van der Waals surface area contributed by atoms with Crippen LogP contribution in [0.5, 0.6) is 0 Å². The minimum Gasteiger partial charge on any atom is -0.352 e. The highest BCUT2D eigenvalue weighted by Gasteiger charge is 2.26. The van der Waals surface area contributed by atoms with Gasteiger partial charge in [-0.1, -0.05) is 18.2 Å². The van der Waals surface area contributed by atoms with Crippen LogP contribution in [0, 0.1) is 5.82 Å². The highest BCUT2D eigenvalue weighted by Crippen LogP contribution is 2.24. The second-order valence-electron chi connectivity index (χ2n) is 4.39. The predicted octanol–water partition coefficient (Wildman–Crippen LogP) is 2.64. The number of hydrogen-bond donors (Lipinski definition) is 1. The Morgan fingerprint density at radius 1 is 1.41 bits per heavy atom. The average Bonchev–Trinajstić information content (AvgIpc) is 2.68. The summed E-state index contributed by atoms with van der Waals surface area (Å²) in [5.74, 6) is -0.496. The van der Waals surface area contributed by atoms with E-state index < -0.39 is 0 Å². The molecule has 0 aliphatic heterocycles. The topological polar surface area (TPSA) is 29.1 Å². The summed E-state index contributed by atoms with van der Waals surface area (Å²) in [6, 6.07) is 6.37. The maximum atomic E-state index is 13.3. The van der Waals surface area contributed by atoms with Crippen molar-refractivity contribution in [2.75, 3.05) is 0 Å². The SMILES string of the molecule is O=C(Cc1ccccc1F)NC1CCCC1Cl. The van der Waals surface area contributed by atoms with E-state index in [4.69, 9.17) is 11.6 Å². The zero-order valence-corrected chi connectivity index (χ0v) is 10.2. The van der Waals surface area contributed by atoms with Crippen LogP contribution < -0.4 is 5.32 Å². The van der Waals surface area contributed by atoms with Gasteiger partial charge in [0.2, 0.25) is 5.91 Å². The van der Waals surface area contributed by atoms with Crippen LogP contribution in [0.1, 0.15) is 24.8 Å². The monoisotopic (exact) mass is 255 g/mol. The highest BCUT2D eigenvalue weighted by atomic mass is 35.5. The number of nitrogens with one attached hydrogen (secondary N) is 1. The molecule has 2 nitrogen and oxygen atoms in total. The van der Waals surface area contributed by atoms with Gasteiger partial charge in [-0.2, -0.15) is 0 Å². The molecule has 2 unspecified atom stereocenters. The summed E-state index contributed by atoms with van der Waals surface area (Å²) in [7, 11) is 0. The van der Waals surface area contributed by atoms with E-state index in [9.17, 15) is 9.18 Å². The van der Waals surface area contributed by atoms with Crippen LogP contribution >= 0.6 is 11.6 Å². The normalized spacial score (nSPS) is 23.6. The molecule has 1 aromatic rings. The first-order chi connectivity index (χ1) is 8.16. The predicted molar refractivity (Wildman–Crippen MR) is 65.5 cm³/mol. The van der Waals surface area contributed by atoms with Crippen molar-refractivity contribution in [2.45, 2.75) is 37.1 Å². The van der Waals surface area contributed by atoms with Gasteiger partial charge >= 0.3 is 0 Å². The summed E-state index contributed by atoms with van der Waals surface area (Å²) >= 11 is 6.07. The molecule has 17 heavy (non-hydrogen) atoms. The third-order valence-electron chi connectivity index (χ3n) is 3.09. The van der Waals surface area contributed by atoms with Gasteiger partial charge < -0.3 is 5.32 Å². The van der Waals surface area contributed by atoms with Crippen molar-refractivity contribution >= 4 is 17.5 Å². The average molecular weight is 256 g/mol. The second-order valence-corrected chi connectivity index (χ2v) is 4.95. The Kier molecular flexibility index (Phi) is 4.00. The van der Waals surface area contributed by atoms with E-state index in [1.807, 2.05) is 0 Å². The lowest BCUT2D eigenvalue weighted by Gasteiger charge is -2.15. The Morgan fingerprint density at radius 3 is 2.82 bits per heavy atom. The standard InChI is InChI=1S/C13H15ClFNO/c14-10-5-3-7-12(10)16-13(17)8-9-4-1-2-6-11(9)15/h1-2,4,6,10,12H,3,5,7-8H2,(H,16,17). The van der Waals surface area contributed by atoms with E-state index in [-0.39, 0.29) is 29.6 Å². The van der Waals surface area contributed by atoms with Gasteiger partial charge in [0.1, 0.15) is 5.82 Å². The fraction of sp³-hybridized carbons (Fsp3) is 0.462. The van der Waals surface area contributed by atoms with Crippen molar-refractivity contribution in [3.05, 3.63) is 35.6 Å². The van der Waals surface area contributed by atoms with E-state index in [0.29, 0.717) is 5.56 Å². The lowest BCUT2D eigenvalue weighted by molar-refractivity contribution is -0.121. The molecule has 92 valence electrons. The summed E-state index contributed by atoms with van der Waals surface area (Å²) in [5, 5.41) is 2.88. The first kappa shape index (κ1) is 12.4. The minimum absolute atomic E-state index is 0.0135. The number of carbonyl (C=O) groups is 1. The van der Waals surface area contributed by atoms with Gasteiger partial charge in [0.05, 0.1) is 11.8 Å². The number of hydrogen-bond acceptors (Lipinski definition) is 1. The molecular weight excluding hydrogens is 241 g/mol. The van der Waals surface area contributed by atoms with Crippen LogP contribution in [0.4, 0.5) is 4.39 Å². The molecule has 1 fully saturated rings. The van der Waals surface area contributed by atoms with Crippen LogP contribution in [0.3, 0.4) is 0 Å². The largest absolute Gasteiger partial charge is 0.352 e. The minimum atomic E-state index is -0.337. The number of benzene rings is 1. The first-order valence-corrected chi connectivity index (χ1v) is 6.27. The molecule has 1 aliphatic rings. The maximum Gasteiger partial charge on any atom is 0.224 e. The fourth-order valence-corrected chi connectivity index (χ4v) is 2.49. The molecule has 0 saturated heterocycles. The maximum absolute atomic E-state index is 13.3. The smallest absolute Gasteiger partial charge is 0.224 e. The van der Waals surface area contributed by atoms with E-state index in [1.54, 1.807) is 18.2 Å². The number of rotatable bonds is 3. The van der Waals surface area contributed by atoms with Crippen LogP contribution in [0.2, 0.25) is 0 Å². The third kappa shape index (κ3) is 3.19. The van der Waals surface area contributed by atoms with Crippen LogP contribution in [-0.2, 0) is 11.2 Å². The Morgan fingerprint density at radius 2 is 2.18 bits per heavy atom. The molecule has 0 heterocycles. The van der Waals surface area contributed by atoms with Gasteiger partial charge in [0.25, 0.3) is 0 Å². The molecule has 0 spiro atoms. The summed E-state index contributed by atoms with van der Waals surface area (Å²) in [6.07, 6.45) is 2.97. The molecule has 0 bridgehead atoms. The van der Waals surface area contributed by atoms with Gasteiger partial charge in [-0.25, -0.2) is 4.39 Å². The molecule has 1 N–H and O–H groups in total. The third-order valence-corrected chi connectivity index (χ3v) is 3.61. The lowest BCUT2D eigenvalue weighted by Crippen LogP contribution is -2.38. The fourth-order valence-electron chi connectivity index (χ4n) is 2.15. The van der Waals surface area contributed by atoms with E-state index >= 15 is 0 Å². The highest BCUT2D eigenvalue weighted by molar-refractivity contribution is 6.21. The Labute approximate surface area is 105 Å². The summed E-state index contributed by atoms with van der Waals surface area (Å²) in [4.78, 5) is 11.7. The molecule has 2 rings (SSSR count). The Hall–Kier alpha value is -1.09. The van der Waals surface area contributed by atoms with Crippen molar-refractivity contribution in [3.8, 4) is 0 Å². The van der Waals surface area contributed by atoms with Gasteiger partial charge in [0, 0.05) is 6.04 Å². The van der Waals surface area contributed by atoms with Crippen LogP contribution in [0.25, 0.3) is 0 Å². The Balaban J connectivity index is 1.91. The molecule has 2 atom stereocenters. The quantitative estimate of drug-likeness (QED) is 0.827. The van der Waals surface area contributed by atoms with Crippen molar-refractivity contribution in [1.82, 2.24) is 5.32 Å².